The SMILES string of the molecule is Cc1cnc(OCC2(C)COC2)c(Nc2nccc(-c3cc(C#N)c4c(c3)[C@@](C)(CO[Si](C)(C)C(C)(C)C)CN4)n2)c1. The molecule has 1 aromatic carbocycles. The molecule has 3 aromatic rings. The van der Waals surface area contributed by atoms with Gasteiger partial charge in [0.05, 0.1) is 36.8 Å². The molecule has 2 N–H and O–H groups in total. The maximum Gasteiger partial charge on any atom is 0.237 e. The summed E-state index contributed by atoms with van der Waals surface area (Å²) >= 11 is 0. The summed E-state index contributed by atoms with van der Waals surface area (Å²) in [6, 6.07) is 10.3. The van der Waals surface area contributed by atoms with Gasteiger partial charge in [-0.05, 0) is 60.4 Å². The quantitative estimate of drug-likeness (QED) is 0.268. The van der Waals surface area contributed by atoms with Gasteiger partial charge in [0.25, 0.3) is 0 Å². The van der Waals surface area contributed by atoms with Gasteiger partial charge >= 0.3 is 0 Å². The minimum absolute atomic E-state index is 0.00858. The first-order chi connectivity index (χ1) is 19.7. The van der Waals surface area contributed by atoms with Crippen LogP contribution in [-0.4, -0.2) is 56.2 Å². The van der Waals surface area contributed by atoms with E-state index in [1.165, 1.54) is 0 Å². The molecule has 4 heterocycles. The Balaban J connectivity index is 1.42. The molecule has 2 aliphatic rings. The zero-order chi connectivity index (χ0) is 30.3. The summed E-state index contributed by atoms with van der Waals surface area (Å²) in [4.78, 5) is 13.8. The number of hydrogen-bond donors (Lipinski definition) is 2. The fraction of sp³-hybridized carbons (Fsp3) is 0.500. The van der Waals surface area contributed by atoms with E-state index in [4.69, 9.17) is 18.9 Å². The predicted molar refractivity (Wildman–Crippen MR) is 168 cm³/mol. The van der Waals surface area contributed by atoms with E-state index in [2.05, 4.69) is 80.4 Å². The topological polar surface area (TPSA) is 114 Å². The number of nitrogens with zero attached hydrogens (tertiary/aromatic N) is 4. The van der Waals surface area contributed by atoms with Crippen LogP contribution in [0.15, 0.2) is 36.7 Å². The van der Waals surface area contributed by atoms with Crippen LogP contribution < -0.4 is 15.4 Å². The standard InChI is InChI=1S/C32H42N6O3Si/c1-21-11-26(28(35-15-21)40-19-31(5)17-39-18-31)38-29-34-10-9-25(37-29)22-12-23(14-33)27-24(13-22)32(6,16-36-27)20-41-42(7,8)30(2,3)4/h9-13,15,36H,16-20H2,1-8H3,(H,34,37,38)/t32-/m1/s1. The van der Waals surface area contributed by atoms with Crippen LogP contribution in [0.5, 0.6) is 5.88 Å². The predicted octanol–water partition coefficient (Wildman–Crippen LogP) is 6.58. The van der Waals surface area contributed by atoms with Crippen molar-refractivity contribution in [2.24, 2.45) is 5.41 Å². The molecule has 1 saturated heterocycles. The fourth-order valence-electron chi connectivity index (χ4n) is 4.85. The number of aromatic nitrogens is 3. The molecule has 0 saturated carbocycles. The van der Waals surface area contributed by atoms with E-state index in [0.717, 1.165) is 22.4 Å². The summed E-state index contributed by atoms with van der Waals surface area (Å²) in [5.74, 6) is 0.916. The van der Waals surface area contributed by atoms with Gasteiger partial charge in [-0.15, -0.1) is 0 Å². The van der Waals surface area contributed by atoms with Crippen molar-refractivity contribution >= 4 is 25.6 Å². The lowest BCUT2D eigenvalue weighted by Crippen LogP contribution is -2.45. The van der Waals surface area contributed by atoms with Crippen molar-refractivity contribution in [2.45, 2.75) is 65.1 Å². The Morgan fingerprint density at radius 2 is 1.90 bits per heavy atom. The molecule has 5 rings (SSSR count). The monoisotopic (exact) mass is 586 g/mol. The highest BCUT2D eigenvalue weighted by atomic mass is 28.4. The third kappa shape index (κ3) is 6.00. The Bertz CT molecular complexity index is 1530. The summed E-state index contributed by atoms with van der Waals surface area (Å²) in [7, 11) is -1.95. The van der Waals surface area contributed by atoms with Crippen LogP contribution >= 0.6 is 0 Å². The zero-order valence-corrected chi connectivity index (χ0v) is 27.0. The van der Waals surface area contributed by atoms with Gasteiger partial charge < -0.3 is 24.5 Å². The molecular formula is C32H42N6O3Si. The molecule has 10 heteroatoms. The third-order valence-electron chi connectivity index (χ3n) is 8.77. The molecule has 2 aromatic heterocycles. The minimum atomic E-state index is -1.95. The smallest absolute Gasteiger partial charge is 0.237 e. The minimum Gasteiger partial charge on any atom is -0.475 e. The number of pyridine rings is 1. The van der Waals surface area contributed by atoms with E-state index in [0.29, 0.717) is 61.7 Å². The molecule has 0 amide bonds. The first kappa shape index (κ1) is 30.0. The molecule has 42 heavy (non-hydrogen) atoms. The highest BCUT2D eigenvalue weighted by molar-refractivity contribution is 6.74. The highest BCUT2D eigenvalue weighted by Crippen LogP contribution is 2.44. The highest BCUT2D eigenvalue weighted by Gasteiger charge is 2.42. The molecule has 0 unspecified atom stereocenters. The number of ether oxygens (including phenoxy) is 2. The second kappa shape index (κ2) is 11.0. The molecule has 0 bridgehead atoms. The summed E-state index contributed by atoms with van der Waals surface area (Å²) in [6.45, 7) is 20.8. The van der Waals surface area contributed by atoms with Crippen molar-refractivity contribution in [2.75, 3.05) is 43.6 Å². The summed E-state index contributed by atoms with van der Waals surface area (Å²) in [5, 5.41) is 17.0. The van der Waals surface area contributed by atoms with Gasteiger partial charge in [0.2, 0.25) is 11.8 Å². The van der Waals surface area contributed by atoms with E-state index >= 15 is 0 Å². The van der Waals surface area contributed by atoms with Crippen LogP contribution in [0.3, 0.4) is 0 Å². The van der Waals surface area contributed by atoms with Crippen LogP contribution in [0.4, 0.5) is 17.3 Å². The average Bonchev–Trinajstić information content (AvgIpc) is 3.26. The van der Waals surface area contributed by atoms with Gasteiger partial charge in [0.1, 0.15) is 11.8 Å². The van der Waals surface area contributed by atoms with Gasteiger partial charge in [-0.3, -0.25) is 0 Å². The van der Waals surface area contributed by atoms with Crippen molar-refractivity contribution in [1.29, 1.82) is 5.26 Å². The van der Waals surface area contributed by atoms with E-state index in [1.807, 2.05) is 25.1 Å². The third-order valence-corrected chi connectivity index (χ3v) is 13.2. The molecule has 1 fully saturated rings. The normalized spacial score (nSPS) is 19.3. The number of anilines is 3. The summed E-state index contributed by atoms with van der Waals surface area (Å²) < 4.78 is 18.1. The zero-order valence-electron chi connectivity index (χ0n) is 26.0. The van der Waals surface area contributed by atoms with Gasteiger partial charge in [-0.1, -0.05) is 34.6 Å². The van der Waals surface area contributed by atoms with E-state index in [-0.39, 0.29) is 15.9 Å². The number of benzene rings is 1. The van der Waals surface area contributed by atoms with Crippen molar-refractivity contribution in [3.8, 4) is 23.2 Å². The Hall–Kier alpha value is -3.52. The second-order valence-corrected chi connectivity index (χ2v) is 18.7. The van der Waals surface area contributed by atoms with Gasteiger partial charge in [0.15, 0.2) is 8.32 Å². The van der Waals surface area contributed by atoms with Crippen molar-refractivity contribution in [1.82, 2.24) is 15.0 Å². The van der Waals surface area contributed by atoms with Crippen LogP contribution in [0.2, 0.25) is 18.1 Å². The Morgan fingerprint density at radius 1 is 1.14 bits per heavy atom. The maximum absolute atomic E-state index is 10.1. The fourth-order valence-corrected chi connectivity index (χ4v) is 5.96. The van der Waals surface area contributed by atoms with Crippen molar-refractivity contribution in [3.63, 3.8) is 0 Å². The molecule has 0 radical (unpaired) electrons. The lowest BCUT2D eigenvalue weighted by molar-refractivity contribution is -0.120. The molecular weight excluding hydrogens is 544 g/mol. The van der Waals surface area contributed by atoms with Crippen LogP contribution in [0.25, 0.3) is 11.3 Å². The number of nitrogens with one attached hydrogen (secondary N) is 2. The Kier molecular flexibility index (Phi) is 7.81. The Labute approximate surface area is 250 Å². The van der Waals surface area contributed by atoms with Gasteiger partial charge in [-0.2, -0.15) is 5.26 Å². The van der Waals surface area contributed by atoms with E-state index < -0.39 is 8.32 Å². The number of fused-ring (bicyclic) bond motifs is 1. The van der Waals surface area contributed by atoms with E-state index in [9.17, 15) is 5.26 Å². The molecule has 2 aliphatic heterocycles. The average molecular weight is 587 g/mol. The van der Waals surface area contributed by atoms with E-state index in [1.54, 1.807) is 12.4 Å². The first-order valence-corrected chi connectivity index (χ1v) is 17.4. The molecule has 0 aliphatic carbocycles. The largest absolute Gasteiger partial charge is 0.475 e. The molecule has 0 spiro atoms. The summed E-state index contributed by atoms with van der Waals surface area (Å²) in [5.41, 5.74) is 5.53. The second-order valence-electron chi connectivity index (χ2n) is 13.9. The van der Waals surface area contributed by atoms with Crippen LogP contribution in [0, 0.1) is 23.7 Å². The molecule has 9 nitrogen and oxygen atoms in total. The molecule has 1 atom stereocenters. The van der Waals surface area contributed by atoms with Crippen molar-refractivity contribution in [3.05, 3.63) is 53.3 Å². The Morgan fingerprint density at radius 3 is 2.57 bits per heavy atom. The maximum atomic E-state index is 10.1. The lowest BCUT2D eigenvalue weighted by Gasteiger charge is -2.39. The first-order valence-electron chi connectivity index (χ1n) is 14.5. The van der Waals surface area contributed by atoms with Crippen LogP contribution in [0.1, 0.15) is 51.3 Å². The number of rotatable bonds is 9. The van der Waals surface area contributed by atoms with Gasteiger partial charge in [-0.25, -0.2) is 15.0 Å². The number of aryl methyl sites for hydroxylation is 1. The van der Waals surface area contributed by atoms with Gasteiger partial charge in [0, 0.05) is 41.9 Å². The number of nitriles is 1. The van der Waals surface area contributed by atoms with Crippen molar-refractivity contribution < 1.29 is 13.9 Å². The number of hydrogen-bond acceptors (Lipinski definition) is 9. The summed E-state index contributed by atoms with van der Waals surface area (Å²) in [6.07, 6.45) is 3.50. The molecule has 222 valence electrons. The lowest BCUT2D eigenvalue weighted by atomic mass is 9.83. The van der Waals surface area contributed by atoms with Crippen LogP contribution in [-0.2, 0) is 14.6 Å².